The van der Waals surface area contributed by atoms with E-state index in [1.165, 1.54) is 8.20 Å². The number of hydrogen-bond acceptors (Lipinski definition) is 1. The summed E-state index contributed by atoms with van der Waals surface area (Å²) in [6.07, 6.45) is 2.04. The summed E-state index contributed by atoms with van der Waals surface area (Å²) in [4.78, 5) is 0. The number of rotatable bonds is 0. The summed E-state index contributed by atoms with van der Waals surface area (Å²) in [6, 6.07) is 0. The molecule has 1 heterocycles. The molecular formula is C3H6NP. The van der Waals surface area contributed by atoms with Gasteiger partial charge >= 0.3 is 0 Å². The van der Waals surface area contributed by atoms with Crippen molar-refractivity contribution in [2.75, 3.05) is 0 Å². The first-order chi connectivity index (χ1) is 2.00. The fourth-order valence-corrected chi connectivity index (χ4v) is 0.258. The summed E-state index contributed by atoms with van der Waals surface area (Å²) in [5, 5.41) is 0. The van der Waals surface area contributed by atoms with Gasteiger partial charge in [-0.15, -0.1) is 0 Å². The lowest BCUT2D eigenvalue weighted by molar-refractivity contribution is 2.13. The largest absolute Gasteiger partial charge is 0.344 e. The van der Waals surface area contributed by atoms with E-state index in [-0.39, 0.29) is 6.15 Å². The van der Waals surface area contributed by atoms with Crippen LogP contribution in [-0.4, -0.2) is 5.80 Å². The molecule has 5 heavy (non-hydrogen) atoms. The Morgan fingerprint density at radius 3 is 1.60 bits per heavy atom. The average molecular weight is 87.1 g/mol. The Morgan fingerprint density at radius 2 is 1.60 bits per heavy atom. The van der Waals surface area contributed by atoms with Crippen LogP contribution in [-0.2, 0) is 0 Å². The normalized spacial score (nSPS) is 16.0. The van der Waals surface area contributed by atoms with Gasteiger partial charge in [-0.3, -0.25) is 0 Å². The van der Waals surface area contributed by atoms with Crippen LogP contribution in [0, 0.1) is 0 Å². The van der Waals surface area contributed by atoms with Crippen LogP contribution >= 0.6 is 8.20 Å². The van der Waals surface area contributed by atoms with Crippen molar-refractivity contribution in [3.8, 4) is 0 Å². The zero-order valence-electron chi connectivity index (χ0n) is 2.89. The first kappa shape index (κ1) is 4.87. The molecule has 0 amide bonds. The van der Waals surface area contributed by atoms with Gasteiger partial charge in [0.15, 0.2) is 0 Å². The van der Waals surface area contributed by atoms with Gasteiger partial charge in [-0.2, -0.15) is 0 Å². The second kappa shape index (κ2) is 2.13. The lowest BCUT2D eigenvalue weighted by atomic mass is 10.8. The van der Waals surface area contributed by atoms with Crippen LogP contribution in [0.15, 0.2) is 11.9 Å². The molecule has 0 bridgehead atoms. The van der Waals surface area contributed by atoms with Gasteiger partial charge < -0.3 is 6.15 Å². The molecule has 0 atom stereocenters. The molecule has 28 valence electrons. The second-order valence-electron chi connectivity index (χ2n) is 0.640. The summed E-state index contributed by atoms with van der Waals surface area (Å²) in [5.74, 6) is 4.19. The fourth-order valence-electron chi connectivity index (χ4n) is 0.0861. The van der Waals surface area contributed by atoms with Gasteiger partial charge in [0.05, 0.1) is 0 Å². The van der Waals surface area contributed by atoms with Crippen LogP contribution in [0.25, 0.3) is 0 Å². The van der Waals surface area contributed by atoms with Gasteiger partial charge in [-0.1, -0.05) is 14.3 Å². The standard InChI is InChI=1S/C3H3P.H3N/c1-2-4-3-1;/h1-3H;1H3. The number of allylic oxidation sites excluding steroid dienone is 1. The van der Waals surface area contributed by atoms with E-state index in [1.807, 2.05) is 6.08 Å². The van der Waals surface area contributed by atoms with Crippen molar-refractivity contribution in [3.63, 3.8) is 0 Å². The zero-order valence-corrected chi connectivity index (χ0v) is 3.78. The highest BCUT2D eigenvalue weighted by atomic mass is 31.1. The predicted molar refractivity (Wildman–Crippen MR) is 27.1 cm³/mol. The van der Waals surface area contributed by atoms with Gasteiger partial charge in [0.1, 0.15) is 0 Å². The van der Waals surface area contributed by atoms with E-state index in [0.717, 1.165) is 0 Å². The Kier molecular flexibility index (Phi) is 2.07. The fraction of sp³-hybridized carbons (Fsp3) is 0. The minimum absolute atomic E-state index is 0. The Balaban J connectivity index is 0.000000160. The van der Waals surface area contributed by atoms with Crippen LogP contribution in [0.2, 0.25) is 0 Å². The summed E-state index contributed by atoms with van der Waals surface area (Å²) in [7, 11) is 1.37. The monoisotopic (exact) mass is 87.0 g/mol. The number of hydrogen-bond donors (Lipinski definition) is 1. The van der Waals surface area contributed by atoms with Gasteiger partial charge in [-0.05, 0) is 11.6 Å². The third-order valence-corrected chi connectivity index (χ3v) is 1.03. The Labute approximate surface area is 33.1 Å². The average Bonchev–Trinajstić information content (AvgIpc) is 0.722. The van der Waals surface area contributed by atoms with Crippen LogP contribution in [0.5, 0.6) is 0 Å². The van der Waals surface area contributed by atoms with Crippen molar-refractivity contribution < 1.29 is 0 Å². The van der Waals surface area contributed by atoms with E-state index in [2.05, 4.69) is 11.6 Å². The molecule has 0 fully saturated rings. The van der Waals surface area contributed by atoms with Crippen LogP contribution in [0.4, 0.5) is 0 Å². The molecule has 0 spiro atoms. The first-order valence-corrected chi connectivity index (χ1v) is 2.22. The topological polar surface area (TPSA) is 35.0 Å². The molecule has 3 N–H and O–H groups in total. The molecule has 1 aliphatic rings. The molecule has 0 unspecified atom stereocenters. The maximum Gasteiger partial charge on any atom is -0.0343 e. The maximum atomic E-state index is 2.10. The van der Waals surface area contributed by atoms with Crippen molar-refractivity contribution in [2.24, 2.45) is 0 Å². The molecular weight excluding hydrogens is 81.0 g/mol. The Bertz CT molecular complexity index is 47.3. The molecule has 1 rings (SSSR count). The predicted octanol–water partition coefficient (Wildman–Crippen LogP) is 1.42. The molecule has 0 radical (unpaired) electrons. The Morgan fingerprint density at radius 1 is 1.40 bits per heavy atom. The van der Waals surface area contributed by atoms with Crippen molar-refractivity contribution in [2.45, 2.75) is 0 Å². The summed E-state index contributed by atoms with van der Waals surface area (Å²) < 4.78 is 0. The third-order valence-electron chi connectivity index (χ3n) is 0.344. The van der Waals surface area contributed by atoms with Crippen molar-refractivity contribution in [3.05, 3.63) is 11.9 Å². The molecule has 0 aromatic carbocycles. The highest BCUT2D eigenvalue weighted by Crippen LogP contribution is 2.02. The van der Waals surface area contributed by atoms with Gasteiger partial charge in [0.25, 0.3) is 0 Å². The van der Waals surface area contributed by atoms with E-state index in [9.17, 15) is 0 Å². The first-order valence-electron chi connectivity index (χ1n) is 1.18. The quantitative estimate of drug-likeness (QED) is 0.445. The molecule has 1 aliphatic heterocycles. The van der Waals surface area contributed by atoms with Gasteiger partial charge in [-0.25, -0.2) is 0 Å². The van der Waals surface area contributed by atoms with E-state index in [4.69, 9.17) is 0 Å². The van der Waals surface area contributed by atoms with E-state index >= 15 is 0 Å². The summed E-state index contributed by atoms with van der Waals surface area (Å²) in [5.41, 5.74) is 0. The minimum atomic E-state index is 0. The lowest BCUT2D eigenvalue weighted by Crippen LogP contribution is -1.56. The molecule has 0 saturated heterocycles. The maximum absolute atomic E-state index is 2.10. The van der Waals surface area contributed by atoms with Crippen molar-refractivity contribution in [1.82, 2.24) is 6.15 Å². The lowest BCUT2D eigenvalue weighted by Gasteiger charge is -1.76. The van der Waals surface area contributed by atoms with Crippen molar-refractivity contribution in [1.29, 1.82) is 0 Å². The molecule has 0 aromatic heterocycles. The van der Waals surface area contributed by atoms with Gasteiger partial charge in [0.2, 0.25) is 0 Å². The molecule has 0 aromatic rings. The zero-order chi connectivity index (χ0) is 2.83. The Hall–Kier alpha value is -0.130. The van der Waals surface area contributed by atoms with Crippen LogP contribution in [0.3, 0.4) is 0 Å². The summed E-state index contributed by atoms with van der Waals surface area (Å²) >= 11 is 0. The van der Waals surface area contributed by atoms with Crippen molar-refractivity contribution >= 4 is 14.0 Å². The van der Waals surface area contributed by atoms with E-state index in [1.54, 1.807) is 0 Å². The highest BCUT2D eigenvalue weighted by Gasteiger charge is 1.66. The smallest absolute Gasteiger partial charge is 0.0343 e. The highest BCUT2D eigenvalue weighted by molar-refractivity contribution is 7.44. The molecule has 0 aliphatic carbocycles. The molecule has 0 saturated carbocycles. The summed E-state index contributed by atoms with van der Waals surface area (Å²) in [6.45, 7) is 0. The van der Waals surface area contributed by atoms with E-state index in [0.29, 0.717) is 0 Å². The van der Waals surface area contributed by atoms with E-state index < -0.39 is 0 Å². The van der Waals surface area contributed by atoms with Crippen LogP contribution < -0.4 is 6.15 Å². The SMILES string of the molecule is C1=CP=C1.N. The minimum Gasteiger partial charge on any atom is -0.344 e. The second-order valence-corrected chi connectivity index (χ2v) is 1.53. The third kappa shape index (κ3) is 0.904. The van der Waals surface area contributed by atoms with Crippen LogP contribution in [0.1, 0.15) is 0 Å². The van der Waals surface area contributed by atoms with Gasteiger partial charge in [0, 0.05) is 0 Å². The molecule has 1 nitrogen and oxygen atoms in total. The molecule has 2 heteroatoms.